The van der Waals surface area contributed by atoms with Crippen molar-refractivity contribution in [1.29, 1.82) is 0 Å². The molecule has 164 valence electrons. The zero-order valence-corrected chi connectivity index (χ0v) is 18.7. The Balaban J connectivity index is 1.66. The van der Waals surface area contributed by atoms with Crippen LogP contribution in [0.1, 0.15) is 33.3 Å². The van der Waals surface area contributed by atoms with Crippen LogP contribution in [0.15, 0.2) is 54.7 Å². The number of hydrogen-bond acceptors (Lipinski definition) is 3. The summed E-state index contributed by atoms with van der Waals surface area (Å²) in [5, 5.41) is 3.95. The van der Waals surface area contributed by atoms with E-state index in [0.717, 1.165) is 27.9 Å². The van der Waals surface area contributed by atoms with Gasteiger partial charge < -0.3 is 19.5 Å². The summed E-state index contributed by atoms with van der Waals surface area (Å²) >= 11 is 0. The molecule has 0 saturated heterocycles. The van der Waals surface area contributed by atoms with E-state index in [9.17, 15) is 9.59 Å². The van der Waals surface area contributed by atoms with Gasteiger partial charge in [-0.25, -0.2) is 0 Å². The Morgan fingerprint density at radius 2 is 1.84 bits per heavy atom. The maximum Gasteiger partial charge on any atom is 0.242 e. The molecule has 0 spiro atoms. The second kappa shape index (κ2) is 10.2. The molecule has 6 heteroatoms. The van der Waals surface area contributed by atoms with E-state index in [0.29, 0.717) is 19.6 Å². The smallest absolute Gasteiger partial charge is 0.242 e. The van der Waals surface area contributed by atoms with Crippen LogP contribution in [0.2, 0.25) is 0 Å². The molecule has 1 heterocycles. The molecule has 0 saturated carbocycles. The second-order valence-corrected chi connectivity index (χ2v) is 7.82. The third kappa shape index (κ3) is 5.87. The van der Waals surface area contributed by atoms with E-state index in [1.165, 1.54) is 0 Å². The van der Waals surface area contributed by atoms with Crippen molar-refractivity contribution < 1.29 is 14.3 Å². The van der Waals surface area contributed by atoms with Crippen molar-refractivity contribution in [1.82, 2.24) is 9.47 Å². The lowest BCUT2D eigenvalue weighted by atomic mass is 10.1. The summed E-state index contributed by atoms with van der Waals surface area (Å²) < 4.78 is 7.65. The van der Waals surface area contributed by atoms with Gasteiger partial charge in [0.25, 0.3) is 0 Å². The number of rotatable bonds is 9. The molecule has 3 aromatic rings. The fraction of sp³-hybridized carbons (Fsp3) is 0.360. The number of nitrogens with zero attached hydrogens (tertiary/aromatic N) is 2. The third-order valence-corrected chi connectivity index (χ3v) is 5.11. The number of benzene rings is 2. The van der Waals surface area contributed by atoms with E-state index < -0.39 is 0 Å². The molecule has 2 aromatic carbocycles. The number of fused-ring (bicyclic) bond motifs is 1. The number of aromatic nitrogens is 1. The SMILES string of the molecule is CCN(CC)C(=O)Cn1ccc2cc(NC(=O)Cc3cccc(OC(C)C)c3)ccc21. The molecule has 1 N–H and O–H groups in total. The Bertz CT molecular complexity index is 1050. The van der Waals surface area contributed by atoms with Crippen LogP contribution in [0.3, 0.4) is 0 Å². The Kier molecular flexibility index (Phi) is 7.34. The summed E-state index contributed by atoms with van der Waals surface area (Å²) in [6, 6.07) is 15.3. The number of carbonyl (C=O) groups excluding carboxylic acids is 2. The number of anilines is 1. The maximum absolute atomic E-state index is 12.5. The average Bonchev–Trinajstić information content (AvgIpc) is 3.10. The van der Waals surface area contributed by atoms with Crippen LogP contribution in [0.4, 0.5) is 5.69 Å². The summed E-state index contributed by atoms with van der Waals surface area (Å²) in [6.45, 7) is 9.64. The molecular formula is C25H31N3O3. The van der Waals surface area contributed by atoms with Crippen molar-refractivity contribution >= 4 is 28.4 Å². The Labute approximate surface area is 183 Å². The number of carbonyl (C=O) groups is 2. The predicted molar refractivity (Wildman–Crippen MR) is 124 cm³/mol. The number of likely N-dealkylation sites (N-methyl/N-ethyl adjacent to an activating group) is 1. The molecule has 1 aromatic heterocycles. The molecule has 0 aliphatic carbocycles. The van der Waals surface area contributed by atoms with Gasteiger partial charge in [0, 0.05) is 35.9 Å². The van der Waals surface area contributed by atoms with Gasteiger partial charge in [0.05, 0.1) is 12.5 Å². The number of amides is 2. The molecule has 0 aliphatic rings. The van der Waals surface area contributed by atoms with Gasteiger partial charge in [-0.15, -0.1) is 0 Å². The highest BCUT2D eigenvalue weighted by Gasteiger charge is 2.12. The Morgan fingerprint density at radius 3 is 2.55 bits per heavy atom. The van der Waals surface area contributed by atoms with Gasteiger partial charge in [-0.1, -0.05) is 12.1 Å². The van der Waals surface area contributed by atoms with Crippen LogP contribution in [-0.2, 0) is 22.6 Å². The van der Waals surface area contributed by atoms with Crippen molar-refractivity contribution in [3.8, 4) is 5.75 Å². The highest BCUT2D eigenvalue weighted by Crippen LogP contribution is 2.21. The molecule has 2 amide bonds. The maximum atomic E-state index is 12.5. The Hall–Kier alpha value is -3.28. The molecule has 6 nitrogen and oxygen atoms in total. The van der Waals surface area contributed by atoms with Crippen LogP contribution in [0, 0.1) is 0 Å². The molecule has 0 atom stereocenters. The summed E-state index contributed by atoms with van der Waals surface area (Å²) in [4.78, 5) is 26.8. The molecule has 3 rings (SSSR count). The first-order valence-corrected chi connectivity index (χ1v) is 10.8. The molecule has 0 bridgehead atoms. The molecule has 31 heavy (non-hydrogen) atoms. The minimum atomic E-state index is -0.0859. The van der Waals surface area contributed by atoms with E-state index in [1.807, 2.05) is 91.9 Å². The van der Waals surface area contributed by atoms with Gasteiger partial charge in [0.15, 0.2) is 0 Å². The van der Waals surface area contributed by atoms with E-state index in [4.69, 9.17) is 4.74 Å². The monoisotopic (exact) mass is 421 g/mol. The molecule has 0 fully saturated rings. The second-order valence-electron chi connectivity index (χ2n) is 7.82. The van der Waals surface area contributed by atoms with Gasteiger partial charge in [0.1, 0.15) is 12.3 Å². The summed E-state index contributed by atoms with van der Waals surface area (Å²) in [5.74, 6) is 0.781. The van der Waals surface area contributed by atoms with Gasteiger partial charge >= 0.3 is 0 Å². The summed E-state index contributed by atoms with van der Waals surface area (Å²) in [7, 11) is 0. The summed E-state index contributed by atoms with van der Waals surface area (Å²) in [6.07, 6.45) is 2.27. The van der Waals surface area contributed by atoms with Crippen molar-refractivity contribution in [3.05, 3.63) is 60.3 Å². The molecule has 0 aliphatic heterocycles. The molecule has 0 unspecified atom stereocenters. The average molecular weight is 422 g/mol. The Morgan fingerprint density at radius 1 is 1.06 bits per heavy atom. The summed E-state index contributed by atoms with van der Waals surface area (Å²) in [5.41, 5.74) is 2.61. The number of nitrogens with one attached hydrogen (secondary N) is 1. The fourth-order valence-corrected chi connectivity index (χ4v) is 3.63. The van der Waals surface area contributed by atoms with E-state index in [2.05, 4.69) is 5.32 Å². The zero-order valence-electron chi connectivity index (χ0n) is 18.7. The van der Waals surface area contributed by atoms with Crippen LogP contribution in [0.5, 0.6) is 5.75 Å². The predicted octanol–water partition coefficient (Wildman–Crippen LogP) is 4.48. The number of hydrogen-bond donors (Lipinski definition) is 1. The zero-order chi connectivity index (χ0) is 22.4. The van der Waals surface area contributed by atoms with Crippen molar-refractivity contribution in [2.45, 2.75) is 46.8 Å². The minimum Gasteiger partial charge on any atom is -0.491 e. The van der Waals surface area contributed by atoms with Gasteiger partial charge in [-0.2, -0.15) is 0 Å². The first kappa shape index (κ1) is 22.4. The van der Waals surface area contributed by atoms with Gasteiger partial charge in [0.2, 0.25) is 11.8 Å². The largest absolute Gasteiger partial charge is 0.491 e. The third-order valence-electron chi connectivity index (χ3n) is 5.11. The lowest BCUT2D eigenvalue weighted by molar-refractivity contribution is -0.131. The lowest BCUT2D eigenvalue weighted by Crippen LogP contribution is -2.33. The van der Waals surface area contributed by atoms with Gasteiger partial charge in [-0.05, 0) is 69.7 Å². The lowest BCUT2D eigenvalue weighted by Gasteiger charge is -2.19. The van der Waals surface area contributed by atoms with Crippen LogP contribution in [0.25, 0.3) is 10.9 Å². The van der Waals surface area contributed by atoms with Crippen LogP contribution < -0.4 is 10.1 Å². The van der Waals surface area contributed by atoms with Crippen LogP contribution >= 0.6 is 0 Å². The van der Waals surface area contributed by atoms with E-state index in [-0.39, 0.29) is 24.3 Å². The van der Waals surface area contributed by atoms with Crippen molar-refractivity contribution in [2.24, 2.45) is 0 Å². The fourth-order valence-electron chi connectivity index (χ4n) is 3.63. The van der Waals surface area contributed by atoms with Crippen molar-refractivity contribution in [2.75, 3.05) is 18.4 Å². The van der Waals surface area contributed by atoms with Gasteiger partial charge in [-0.3, -0.25) is 9.59 Å². The first-order chi connectivity index (χ1) is 14.9. The molecular weight excluding hydrogens is 390 g/mol. The normalized spacial score (nSPS) is 11.0. The highest BCUT2D eigenvalue weighted by atomic mass is 16.5. The van der Waals surface area contributed by atoms with Crippen molar-refractivity contribution in [3.63, 3.8) is 0 Å². The topological polar surface area (TPSA) is 63.6 Å². The quantitative estimate of drug-likeness (QED) is 0.554. The standard InChI is InChI=1S/C25H31N3O3/c1-5-27(6-2)25(30)17-28-13-12-20-16-21(10-11-23(20)28)26-24(29)15-19-8-7-9-22(14-19)31-18(3)4/h7-14,16,18H,5-6,15,17H2,1-4H3,(H,26,29). The first-order valence-electron chi connectivity index (χ1n) is 10.8. The highest BCUT2D eigenvalue weighted by molar-refractivity contribution is 5.95. The number of ether oxygens (including phenoxy) is 1. The van der Waals surface area contributed by atoms with E-state index >= 15 is 0 Å². The van der Waals surface area contributed by atoms with Crippen LogP contribution in [-0.4, -0.2) is 40.5 Å². The molecule has 0 radical (unpaired) electrons. The minimum absolute atomic E-state index is 0.0859. The van der Waals surface area contributed by atoms with E-state index in [1.54, 1.807) is 0 Å².